The fraction of sp³-hybridized carbons (Fsp3) is 0.333. The third kappa shape index (κ3) is 1.65. The van der Waals surface area contributed by atoms with Crippen molar-refractivity contribution in [2.45, 2.75) is 18.5 Å². The molecule has 1 aromatic carbocycles. The van der Waals surface area contributed by atoms with Gasteiger partial charge in [-0.3, -0.25) is 0 Å². The Kier molecular flexibility index (Phi) is 2.41. The second-order valence-electron chi connectivity index (χ2n) is 5.97. The number of nitrogens with zero attached hydrogens (tertiary/aromatic N) is 3. The second-order valence-corrected chi connectivity index (χ2v) is 6.41. The predicted molar refractivity (Wildman–Crippen MR) is 86.3 cm³/mol. The molecule has 5 rings (SSSR count). The lowest BCUT2D eigenvalue weighted by Crippen LogP contribution is -2.44. The Bertz CT molecular complexity index is 908. The lowest BCUT2D eigenvalue weighted by Gasteiger charge is -2.28. The molecule has 2 aromatic heterocycles. The highest BCUT2D eigenvalue weighted by Gasteiger charge is 2.39. The maximum Gasteiger partial charge on any atom is 0.222 e. The van der Waals surface area contributed by atoms with Crippen molar-refractivity contribution in [2.75, 3.05) is 23.7 Å². The molecule has 0 radical (unpaired) electrons. The lowest BCUT2D eigenvalue weighted by atomic mass is 10.2. The molecule has 22 heavy (non-hydrogen) atoms. The fourth-order valence-corrected chi connectivity index (χ4v) is 3.81. The predicted octanol–water partition coefficient (Wildman–Crippen LogP) is 2.16. The van der Waals surface area contributed by atoms with Gasteiger partial charge in [0.2, 0.25) is 5.95 Å². The van der Waals surface area contributed by atoms with E-state index in [0.29, 0.717) is 22.7 Å². The minimum absolute atomic E-state index is 0.265. The number of anilines is 2. The van der Waals surface area contributed by atoms with Crippen LogP contribution in [0.15, 0.2) is 22.6 Å². The van der Waals surface area contributed by atoms with E-state index in [1.54, 1.807) is 0 Å². The Labute approximate surface area is 131 Å². The number of hydrogen-bond donors (Lipinski definition) is 2. The molecule has 3 aromatic rings. The highest BCUT2D eigenvalue weighted by Crippen LogP contribution is 2.38. The first-order valence-electron chi connectivity index (χ1n) is 7.34. The van der Waals surface area contributed by atoms with Crippen molar-refractivity contribution in [2.24, 2.45) is 0 Å². The standard InChI is InChI=1S/C15H14ClN5O/c16-7-1-2-11-10(3-7)12-13(22-11)14(20-15(17)19-12)21-6-8-4-9(21)5-18-8/h1-3,8-9,18H,4-6H2,(H2,17,19,20)/t8-,9+/m1/s1. The van der Waals surface area contributed by atoms with E-state index >= 15 is 0 Å². The molecule has 7 heteroatoms. The van der Waals surface area contributed by atoms with Crippen LogP contribution in [0.25, 0.3) is 22.1 Å². The molecule has 112 valence electrons. The summed E-state index contributed by atoms with van der Waals surface area (Å²) in [4.78, 5) is 11.1. The SMILES string of the molecule is Nc1nc(N2C[C@H]3C[C@H]2CN3)c2oc3ccc(Cl)cc3c2n1. The summed E-state index contributed by atoms with van der Waals surface area (Å²) in [7, 11) is 0. The molecule has 4 heterocycles. The van der Waals surface area contributed by atoms with E-state index in [4.69, 9.17) is 21.8 Å². The van der Waals surface area contributed by atoms with Crippen molar-refractivity contribution in [3.8, 4) is 0 Å². The summed E-state index contributed by atoms with van der Waals surface area (Å²) in [6.07, 6.45) is 1.14. The highest BCUT2D eigenvalue weighted by atomic mass is 35.5. The van der Waals surface area contributed by atoms with Gasteiger partial charge in [0.1, 0.15) is 11.1 Å². The first-order valence-corrected chi connectivity index (χ1v) is 7.72. The van der Waals surface area contributed by atoms with Crippen LogP contribution in [0.5, 0.6) is 0 Å². The van der Waals surface area contributed by atoms with Gasteiger partial charge < -0.3 is 20.4 Å². The molecule has 0 amide bonds. The number of nitrogens with two attached hydrogens (primary N) is 1. The quantitative estimate of drug-likeness (QED) is 0.716. The zero-order valence-electron chi connectivity index (χ0n) is 11.7. The van der Waals surface area contributed by atoms with E-state index in [9.17, 15) is 0 Å². The van der Waals surface area contributed by atoms with Gasteiger partial charge in [-0.15, -0.1) is 0 Å². The number of nitrogen functional groups attached to an aromatic ring is 1. The Morgan fingerprint density at radius 3 is 3.05 bits per heavy atom. The van der Waals surface area contributed by atoms with Gasteiger partial charge >= 0.3 is 0 Å². The molecule has 2 fully saturated rings. The van der Waals surface area contributed by atoms with Crippen molar-refractivity contribution in [3.05, 3.63) is 23.2 Å². The van der Waals surface area contributed by atoms with Crippen molar-refractivity contribution in [3.63, 3.8) is 0 Å². The molecular formula is C15H14ClN5O. The summed E-state index contributed by atoms with van der Waals surface area (Å²) in [5.74, 6) is 1.06. The Morgan fingerprint density at radius 2 is 2.27 bits per heavy atom. The molecule has 2 atom stereocenters. The summed E-state index contributed by atoms with van der Waals surface area (Å²) in [6.45, 7) is 1.90. The molecule has 3 N–H and O–H groups in total. The Hall–Kier alpha value is -2.05. The third-order valence-corrected chi connectivity index (χ3v) is 4.84. The van der Waals surface area contributed by atoms with Crippen LogP contribution in [-0.4, -0.2) is 35.1 Å². The molecule has 2 aliphatic heterocycles. The van der Waals surface area contributed by atoms with Crippen LogP contribution in [0.3, 0.4) is 0 Å². The van der Waals surface area contributed by atoms with Crippen molar-refractivity contribution < 1.29 is 4.42 Å². The zero-order chi connectivity index (χ0) is 14.8. The number of piperazine rings is 1. The van der Waals surface area contributed by atoms with Crippen molar-refractivity contribution in [1.29, 1.82) is 0 Å². The molecule has 0 aliphatic carbocycles. The molecule has 0 spiro atoms. The van der Waals surface area contributed by atoms with Gasteiger partial charge in [-0.2, -0.15) is 4.98 Å². The van der Waals surface area contributed by atoms with E-state index in [0.717, 1.165) is 41.8 Å². The topological polar surface area (TPSA) is 80.2 Å². The summed E-state index contributed by atoms with van der Waals surface area (Å²) in [5, 5.41) is 5.01. The molecule has 2 saturated heterocycles. The summed E-state index contributed by atoms with van der Waals surface area (Å²) < 4.78 is 6.01. The molecular weight excluding hydrogens is 302 g/mol. The Morgan fingerprint density at radius 1 is 1.36 bits per heavy atom. The second kappa shape index (κ2) is 4.24. The number of rotatable bonds is 1. The third-order valence-electron chi connectivity index (χ3n) is 4.60. The monoisotopic (exact) mass is 315 g/mol. The summed E-state index contributed by atoms with van der Waals surface area (Å²) in [6, 6.07) is 6.49. The molecule has 2 bridgehead atoms. The van der Waals surface area contributed by atoms with Crippen LogP contribution in [0.2, 0.25) is 5.02 Å². The molecule has 0 saturated carbocycles. The number of nitrogens with one attached hydrogen (secondary N) is 1. The van der Waals surface area contributed by atoms with Crippen LogP contribution in [0.1, 0.15) is 6.42 Å². The first kappa shape index (κ1) is 12.5. The van der Waals surface area contributed by atoms with Gasteiger partial charge in [0.15, 0.2) is 11.4 Å². The first-order chi connectivity index (χ1) is 10.7. The molecule has 6 nitrogen and oxygen atoms in total. The van der Waals surface area contributed by atoms with Crippen molar-refractivity contribution >= 4 is 45.4 Å². The van der Waals surface area contributed by atoms with Crippen LogP contribution in [-0.2, 0) is 0 Å². The summed E-state index contributed by atoms with van der Waals surface area (Å²) >= 11 is 6.10. The van der Waals surface area contributed by atoms with Crippen LogP contribution < -0.4 is 16.0 Å². The number of benzene rings is 1. The van der Waals surface area contributed by atoms with E-state index in [1.807, 2.05) is 18.2 Å². The molecule has 0 unspecified atom stereocenters. The number of fused-ring (bicyclic) bond motifs is 5. The van der Waals surface area contributed by atoms with E-state index < -0.39 is 0 Å². The average Bonchev–Trinajstić information content (AvgIpc) is 3.20. The normalized spacial score (nSPS) is 24.0. The highest BCUT2D eigenvalue weighted by molar-refractivity contribution is 6.31. The van der Waals surface area contributed by atoms with Gasteiger partial charge in [-0.05, 0) is 24.6 Å². The largest absolute Gasteiger partial charge is 0.450 e. The number of halogens is 1. The fourth-order valence-electron chi connectivity index (χ4n) is 3.63. The van der Waals surface area contributed by atoms with E-state index in [-0.39, 0.29) is 5.95 Å². The maximum absolute atomic E-state index is 6.10. The molecule has 2 aliphatic rings. The van der Waals surface area contributed by atoms with Crippen LogP contribution in [0.4, 0.5) is 11.8 Å². The van der Waals surface area contributed by atoms with Crippen LogP contribution in [0, 0.1) is 0 Å². The van der Waals surface area contributed by atoms with Crippen molar-refractivity contribution in [1.82, 2.24) is 15.3 Å². The van der Waals surface area contributed by atoms with Gasteiger partial charge in [-0.1, -0.05) is 11.6 Å². The van der Waals surface area contributed by atoms with Gasteiger partial charge in [0.05, 0.1) is 0 Å². The number of furan rings is 1. The van der Waals surface area contributed by atoms with Gasteiger partial charge in [-0.25, -0.2) is 4.98 Å². The minimum Gasteiger partial charge on any atom is -0.450 e. The lowest BCUT2D eigenvalue weighted by molar-refractivity contribution is 0.572. The average molecular weight is 316 g/mol. The number of hydrogen-bond acceptors (Lipinski definition) is 6. The zero-order valence-corrected chi connectivity index (χ0v) is 12.5. The smallest absolute Gasteiger partial charge is 0.222 e. The number of aromatic nitrogens is 2. The summed E-state index contributed by atoms with van der Waals surface area (Å²) in [5.41, 5.74) is 8.12. The van der Waals surface area contributed by atoms with Gasteiger partial charge in [0, 0.05) is 35.6 Å². The maximum atomic E-state index is 6.10. The van der Waals surface area contributed by atoms with Gasteiger partial charge in [0.25, 0.3) is 0 Å². The Balaban J connectivity index is 1.79. The van der Waals surface area contributed by atoms with Crippen LogP contribution >= 0.6 is 11.6 Å². The minimum atomic E-state index is 0.265. The van der Waals surface area contributed by atoms with E-state index in [2.05, 4.69) is 20.2 Å². The van der Waals surface area contributed by atoms with E-state index in [1.165, 1.54) is 0 Å².